The van der Waals surface area contributed by atoms with Crippen molar-refractivity contribution in [2.45, 2.75) is 25.3 Å². The van der Waals surface area contributed by atoms with Gasteiger partial charge in [0.1, 0.15) is 11.6 Å². The molecular weight excluding hydrogens is 265 g/mol. The maximum atomic E-state index is 13.0. The molecule has 6 nitrogen and oxygen atoms in total. The number of phenolic OH excluding ortho intramolecular Hbond substituents is 1. The number of phenols is 1. The maximum Gasteiger partial charge on any atom is 0.258 e. The number of nitrogens with two attached hydrogens (primary N) is 1. The van der Waals surface area contributed by atoms with Gasteiger partial charge < -0.3 is 20.9 Å². The molecular formula is C13H16FN3O3. The van der Waals surface area contributed by atoms with Gasteiger partial charge in [0.25, 0.3) is 5.91 Å². The number of carbonyl (C=O) groups is 1. The minimum atomic E-state index is -0.620. The standard InChI is InChI=1S/C13H16FN3O3/c14-8-4-5-9(11(18)7-8)13(19)17-6-2-1-3-10(17)12(15)16-20/h4-5,7,10,18,20H,1-3,6H2,(H2,15,16). The van der Waals surface area contributed by atoms with Crippen LogP contribution in [-0.4, -0.2) is 39.5 Å². The first-order valence-corrected chi connectivity index (χ1v) is 6.31. The summed E-state index contributed by atoms with van der Waals surface area (Å²) in [6.45, 7) is 0.441. The number of likely N-dealkylation sites (tertiary alicyclic amines) is 1. The fourth-order valence-corrected chi connectivity index (χ4v) is 2.39. The molecule has 1 aromatic carbocycles. The van der Waals surface area contributed by atoms with Gasteiger partial charge in [-0.25, -0.2) is 4.39 Å². The molecule has 108 valence electrons. The molecule has 0 saturated carbocycles. The molecule has 1 aliphatic heterocycles. The van der Waals surface area contributed by atoms with Gasteiger partial charge in [0.05, 0.1) is 11.6 Å². The average molecular weight is 281 g/mol. The normalized spacial score (nSPS) is 19.9. The highest BCUT2D eigenvalue weighted by Gasteiger charge is 2.31. The minimum absolute atomic E-state index is 0.00374. The molecule has 1 fully saturated rings. The molecule has 20 heavy (non-hydrogen) atoms. The summed E-state index contributed by atoms with van der Waals surface area (Å²) < 4.78 is 13.0. The van der Waals surface area contributed by atoms with Crippen molar-refractivity contribution in [1.82, 2.24) is 4.90 Å². The third-order valence-corrected chi connectivity index (χ3v) is 3.41. The number of oxime groups is 1. The third kappa shape index (κ3) is 2.66. The average Bonchev–Trinajstić information content (AvgIpc) is 2.46. The van der Waals surface area contributed by atoms with Crippen molar-refractivity contribution < 1.29 is 19.5 Å². The molecule has 1 aliphatic rings. The van der Waals surface area contributed by atoms with Crippen molar-refractivity contribution in [3.05, 3.63) is 29.6 Å². The number of amides is 1. The molecule has 0 bridgehead atoms. The smallest absolute Gasteiger partial charge is 0.258 e. The van der Waals surface area contributed by atoms with Crippen LogP contribution >= 0.6 is 0 Å². The molecule has 1 saturated heterocycles. The molecule has 1 unspecified atom stereocenters. The van der Waals surface area contributed by atoms with Gasteiger partial charge in [0.2, 0.25) is 0 Å². The molecule has 7 heteroatoms. The van der Waals surface area contributed by atoms with Gasteiger partial charge in [0.15, 0.2) is 5.84 Å². The van der Waals surface area contributed by atoms with Gasteiger partial charge in [0, 0.05) is 12.6 Å². The van der Waals surface area contributed by atoms with Crippen molar-refractivity contribution in [1.29, 1.82) is 0 Å². The quantitative estimate of drug-likeness (QED) is 0.329. The lowest BCUT2D eigenvalue weighted by Gasteiger charge is -2.34. The number of halogens is 1. The van der Waals surface area contributed by atoms with Gasteiger partial charge in [-0.2, -0.15) is 0 Å². The molecule has 0 aliphatic carbocycles. The zero-order chi connectivity index (χ0) is 14.7. The van der Waals surface area contributed by atoms with Gasteiger partial charge in [-0.15, -0.1) is 0 Å². The van der Waals surface area contributed by atoms with Crippen LogP contribution in [0.2, 0.25) is 0 Å². The number of aromatic hydroxyl groups is 1. The summed E-state index contributed by atoms with van der Waals surface area (Å²) in [6.07, 6.45) is 2.24. The fraction of sp³-hybridized carbons (Fsp3) is 0.385. The number of amidine groups is 1. The van der Waals surface area contributed by atoms with E-state index in [1.165, 1.54) is 11.0 Å². The van der Waals surface area contributed by atoms with Crippen LogP contribution in [0.15, 0.2) is 23.4 Å². The predicted octanol–water partition coefficient (Wildman–Crippen LogP) is 1.27. The van der Waals surface area contributed by atoms with E-state index in [1.54, 1.807) is 0 Å². The molecule has 0 radical (unpaired) electrons. The lowest BCUT2D eigenvalue weighted by Crippen LogP contribution is -2.50. The van der Waals surface area contributed by atoms with Crippen LogP contribution in [0, 0.1) is 5.82 Å². The lowest BCUT2D eigenvalue weighted by atomic mass is 9.99. The van der Waals surface area contributed by atoms with Gasteiger partial charge in [-0.3, -0.25) is 4.79 Å². The highest BCUT2D eigenvalue weighted by atomic mass is 19.1. The van der Waals surface area contributed by atoms with Crippen molar-refractivity contribution in [3.63, 3.8) is 0 Å². The van der Waals surface area contributed by atoms with E-state index in [4.69, 9.17) is 10.9 Å². The Morgan fingerprint density at radius 2 is 2.20 bits per heavy atom. The fourth-order valence-electron chi connectivity index (χ4n) is 2.39. The van der Waals surface area contributed by atoms with E-state index in [0.717, 1.165) is 25.0 Å². The van der Waals surface area contributed by atoms with Crippen LogP contribution in [-0.2, 0) is 0 Å². The first-order chi connectivity index (χ1) is 9.54. The highest BCUT2D eigenvalue weighted by Crippen LogP contribution is 2.24. The van der Waals surface area contributed by atoms with E-state index in [9.17, 15) is 14.3 Å². The molecule has 2 rings (SSSR count). The monoisotopic (exact) mass is 281 g/mol. The number of carbonyl (C=O) groups excluding carboxylic acids is 1. The Balaban J connectivity index is 2.30. The lowest BCUT2D eigenvalue weighted by molar-refractivity contribution is 0.0673. The molecule has 1 aromatic rings. The predicted molar refractivity (Wildman–Crippen MR) is 70.1 cm³/mol. The van der Waals surface area contributed by atoms with E-state index in [0.29, 0.717) is 13.0 Å². The summed E-state index contributed by atoms with van der Waals surface area (Å²) in [5.74, 6) is -1.54. The van der Waals surface area contributed by atoms with Crippen molar-refractivity contribution >= 4 is 11.7 Å². The van der Waals surface area contributed by atoms with Gasteiger partial charge in [-0.05, 0) is 31.4 Å². The minimum Gasteiger partial charge on any atom is -0.507 e. The van der Waals surface area contributed by atoms with Crippen molar-refractivity contribution in [3.8, 4) is 5.75 Å². The number of nitrogens with zero attached hydrogens (tertiary/aromatic N) is 2. The largest absolute Gasteiger partial charge is 0.507 e. The van der Waals surface area contributed by atoms with E-state index < -0.39 is 23.5 Å². The summed E-state index contributed by atoms with van der Waals surface area (Å²) in [6, 6.07) is 2.71. The summed E-state index contributed by atoms with van der Waals surface area (Å²) in [5.41, 5.74) is 5.60. The van der Waals surface area contributed by atoms with Crippen LogP contribution < -0.4 is 5.73 Å². The highest BCUT2D eigenvalue weighted by molar-refractivity contribution is 6.00. The third-order valence-electron chi connectivity index (χ3n) is 3.41. The van der Waals surface area contributed by atoms with E-state index in [-0.39, 0.29) is 11.4 Å². The Hall–Kier alpha value is -2.31. The molecule has 0 aromatic heterocycles. The van der Waals surface area contributed by atoms with Crippen LogP contribution in [0.4, 0.5) is 4.39 Å². The van der Waals surface area contributed by atoms with Gasteiger partial charge in [-0.1, -0.05) is 5.16 Å². The number of rotatable bonds is 2. The van der Waals surface area contributed by atoms with E-state index >= 15 is 0 Å². The Labute approximate surface area is 115 Å². The molecule has 0 spiro atoms. The van der Waals surface area contributed by atoms with Crippen LogP contribution in [0.5, 0.6) is 5.75 Å². The number of hydrogen-bond donors (Lipinski definition) is 3. The Morgan fingerprint density at radius 3 is 2.85 bits per heavy atom. The van der Waals surface area contributed by atoms with Crippen molar-refractivity contribution in [2.24, 2.45) is 10.9 Å². The SMILES string of the molecule is N/C(=N/O)C1CCCCN1C(=O)c1ccc(F)cc1O. The van der Waals surface area contributed by atoms with Gasteiger partial charge >= 0.3 is 0 Å². The first-order valence-electron chi connectivity index (χ1n) is 6.31. The van der Waals surface area contributed by atoms with E-state index in [2.05, 4.69) is 5.16 Å². The maximum absolute atomic E-state index is 13.0. The summed E-state index contributed by atoms with van der Waals surface area (Å²) >= 11 is 0. The second-order valence-corrected chi connectivity index (χ2v) is 4.70. The van der Waals surface area contributed by atoms with Crippen LogP contribution in [0.1, 0.15) is 29.6 Å². The number of hydrogen-bond acceptors (Lipinski definition) is 4. The molecule has 1 heterocycles. The van der Waals surface area contributed by atoms with Crippen LogP contribution in [0.25, 0.3) is 0 Å². The van der Waals surface area contributed by atoms with Crippen LogP contribution in [0.3, 0.4) is 0 Å². The topological polar surface area (TPSA) is 99.2 Å². The number of benzene rings is 1. The summed E-state index contributed by atoms with van der Waals surface area (Å²) in [4.78, 5) is 13.8. The molecule has 4 N–H and O–H groups in total. The second kappa shape index (κ2) is 5.77. The molecule has 1 atom stereocenters. The molecule has 1 amide bonds. The number of piperidine rings is 1. The Kier molecular flexibility index (Phi) is 4.07. The summed E-state index contributed by atoms with van der Waals surface area (Å²) in [5, 5.41) is 21.4. The Bertz CT molecular complexity index is 548. The zero-order valence-electron chi connectivity index (χ0n) is 10.8. The van der Waals surface area contributed by atoms with Crippen molar-refractivity contribution in [2.75, 3.05) is 6.54 Å². The summed E-state index contributed by atoms with van der Waals surface area (Å²) in [7, 11) is 0. The van der Waals surface area contributed by atoms with E-state index in [1.807, 2.05) is 0 Å². The zero-order valence-corrected chi connectivity index (χ0v) is 10.8. The first kappa shape index (κ1) is 14.1. The Morgan fingerprint density at radius 1 is 1.45 bits per heavy atom. The second-order valence-electron chi connectivity index (χ2n) is 4.70.